The van der Waals surface area contributed by atoms with Crippen molar-refractivity contribution in [2.75, 3.05) is 12.0 Å². The SMILES string of the molecule is CS(=O)(=O)c1cc(C2CCC2)ccc1N. The van der Waals surface area contributed by atoms with Crippen LogP contribution in [-0.2, 0) is 9.84 Å². The van der Waals surface area contributed by atoms with Gasteiger partial charge in [-0.1, -0.05) is 12.5 Å². The summed E-state index contributed by atoms with van der Waals surface area (Å²) in [6.45, 7) is 0. The van der Waals surface area contributed by atoms with Gasteiger partial charge in [0, 0.05) is 6.26 Å². The van der Waals surface area contributed by atoms with E-state index in [2.05, 4.69) is 0 Å². The van der Waals surface area contributed by atoms with Crippen molar-refractivity contribution in [1.29, 1.82) is 0 Å². The Morgan fingerprint density at radius 1 is 1.33 bits per heavy atom. The zero-order valence-corrected chi connectivity index (χ0v) is 9.55. The Bertz CT molecular complexity index is 475. The number of nitrogens with two attached hydrogens (primary N) is 1. The van der Waals surface area contributed by atoms with E-state index >= 15 is 0 Å². The number of benzene rings is 1. The summed E-state index contributed by atoms with van der Waals surface area (Å²) in [5.74, 6) is 0.533. The fourth-order valence-corrected chi connectivity index (χ4v) is 2.71. The molecule has 4 heteroatoms. The molecule has 1 aliphatic carbocycles. The van der Waals surface area contributed by atoms with Crippen LogP contribution in [0.2, 0.25) is 0 Å². The highest BCUT2D eigenvalue weighted by Crippen LogP contribution is 2.37. The second-order valence-corrected chi connectivity index (χ2v) is 6.18. The summed E-state index contributed by atoms with van der Waals surface area (Å²) < 4.78 is 22.9. The van der Waals surface area contributed by atoms with Crippen LogP contribution in [0, 0.1) is 0 Å². The lowest BCUT2D eigenvalue weighted by molar-refractivity contribution is 0.419. The van der Waals surface area contributed by atoms with Crippen LogP contribution in [-0.4, -0.2) is 14.7 Å². The molecule has 15 heavy (non-hydrogen) atoms. The molecule has 0 unspecified atom stereocenters. The number of rotatable bonds is 2. The van der Waals surface area contributed by atoms with Crippen molar-refractivity contribution in [3.05, 3.63) is 23.8 Å². The molecule has 0 amide bonds. The van der Waals surface area contributed by atoms with Gasteiger partial charge in [-0.15, -0.1) is 0 Å². The molecule has 1 aliphatic rings. The van der Waals surface area contributed by atoms with Crippen molar-refractivity contribution in [3.63, 3.8) is 0 Å². The van der Waals surface area contributed by atoms with E-state index in [0.29, 0.717) is 11.6 Å². The van der Waals surface area contributed by atoms with Crippen molar-refractivity contribution in [2.45, 2.75) is 30.1 Å². The van der Waals surface area contributed by atoms with E-state index < -0.39 is 9.84 Å². The Morgan fingerprint density at radius 3 is 2.47 bits per heavy atom. The number of nitrogen functional groups attached to an aromatic ring is 1. The fraction of sp³-hybridized carbons (Fsp3) is 0.455. The number of hydrogen-bond acceptors (Lipinski definition) is 3. The zero-order valence-electron chi connectivity index (χ0n) is 8.73. The van der Waals surface area contributed by atoms with Crippen molar-refractivity contribution in [1.82, 2.24) is 0 Å². The van der Waals surface area contributed by atoms with E-state index in [9.17, 15) is 8.42 Å². The van der Waals surface area contributed by atoms with E-state index in [1.807, 2.05) is 6.07 Å². The van der Waals surface area contributed by atoms with Crippen LogP contribution in [0.3, 0.4) is 0 Å². The minimum Gasteiger partial charge on any atom is -0.398 e. The van der Waals surface area contributed by atoms with Gasteiger partial charge in [0.2, 0.25) is 0 Å². The molecule has 1 saturated carbocycles. The van der Waals surface area contributed by atoms with Crippen LogP contribution < -0.4 is 5.73 Å². The van der Waals surface area contributed by atoms with Crippen LogP contribution >= 0.6 is 0 Å². The molecular weight excluding hydrogens is 210 g/mol. The molecule has 0 bridgehead atoms. The van der Waals surface area contributed by atoms with Gasteiger partial charge in [-0.3, -0.25) is 0 Å². The quantitative estimate of drug-likeness (QED) is 0.782. The molecule has 82 valence electrons. The molecule has 2 rings (SSSR count). The molecule has 0 aromatic heterocycles. The maximum absolute atomic E-state index is 11.5. The Kier molecular flexibility index (Phi) is 2.46. The zero-order chi connectivity index (χ0) is 11.1. The third kappa shape index (κ3) is 2.00. The third-order valence-electron chi connectivity index (χ3n) is 3.01. The summed E-state index contributed by atoms with van der Waals surface area (Å²) in [5, 5.41) is 0. The lowest BCUT2D eigenvalue weighted by Crippen LogP contribution is -2.10. The minimum atomic E-state index is -3.20. The molecule has 0 heterocycles. The van der Waals surface area contributed by atoms with Crippen LogP contribution in [0.4, 0.5) is 5.69 Å². The van der Waals surface area contributed by atoms with E-state index in [-0.39, 0.29) is 4.90 Å². The number of hydrogen-bond donors (Lipinski definition) is 1. The molecule has 2 N–H and O–H groups in total. The van der Waals surface area contributed by atoms with Gasteiger partial charge in [0.25, 0.3) is 0 Å². The number of sulfone groups is 1. The highest BCUT2D eigenvalue weighted by molar-refractivity contribution is 7.90. The topological polar surface area (TPSA) is 60.2 Å². The lowest BCUT2D eigenvalue weighted by atomic mass is 9.80. The smallest absolute Gasteiger partial charge is 0.177 e. The second-order valence-electron chi connectivity index (χ2n) is 4.20. The van der Waals surface area contributed by atoms with Crippen molar-refractivity contribution in [2.24, 2.45) is 0 Å². The summed E-state index contributed by atoms with van der Waals surface area (Å²) in [6.07, 6.45) is 4.76. The van der Waals surface area contributed by atoms with Gasteiger partial charge in [0.05, 0.1) is 10.6 Å². The number of anilines is 1. The van der Waals surface area contributed by atoms with Crippen LogP contribution in [0.1, 0.15) is 30.7 Å². The molecule has 3 nitrogen and oxygen atoms in total. The molecule has 0 atom stereocenters. The van der Waals surface area contributed by atoms with Gasteiger partial charge >= 0.3 is 0 Å². The monoisotopic (exact) mass is 225 g/mol. The van der Waals surface area contributed by atoms with Crippen molar-refractivity contribution < 1.29 is 8.42 Å². The molecule has 1 aromatic carbocycles. The first-order valence-electron chi connectivity index (χ1n) is 5.08. The maximum atomic E-state index is 11.5. The van der Waals surface area contributed by atoms with Crippen molar-refractivity contribution in [3.8, 4) is 0 Å². The molecule has 1 fully saturated rings. The fourth-order valence-electron chi connectivity index (χ4n) is 1.87. The van der Waals surface area contributed by atoms with E-state index in [0.717, 1.165) is 18.4 Å². The highest BCUT2D eigenvalue weighted by Gasteiger charge is 2.21. The lowest BCUT2D eigenvalue weighted by Gasteiger charge is -2.26. The molecule has 0 radical (unpaired) electrons. The average Bonchev–Trinajstić information content (AvgIpc) is 2.03. The Morgan fingerprint density at radius 2 is 2.00 bits per heavy atom. The second kappa shape index (κ2) is 3.52. The van der Waals surface area contributed by atoms with E-state index in [1.54, 1.807) is 12.1 Å². The summed E-state index contributed by atoms with van der Waals surface area (Å²) in [4.78, 5) is 0.270. The van der Waals surface area contributed by atoms with Crippen LogP contribution in [0.5, 0.6) is 0 Å². The average molecular weight is 225 g/mol. The minimum absolute atomic E-state index is 0.270. The Balaban J connectivity index is 2.45. The summed E-state index contributed by atoms with van der Waals surface area (Å²) in [5.41, 5.74) is 7.11. The van der Waals surface area contributed by atoms with Gasteiger partial charge in [-0.05, 0) is 36.5 Å². The Labute approximate surface area is 90.2 Å². The third-order valence-corrected chi connectivity index (χ3v) is 4.17. The predicted molar refractivity (Wildman–Crippen MR) is 60.6 cm³/mol. The highest BCUT2D eigenvalue weighted by atomic mass is 32.2. The van der Waals surface area contributed by atoms with Gasteiger partial charge in [0.15, 0.2) is 9.84 Å². The van der Waals surface area contributed by atoms with E-state index in [4.69, 9.17) is 5.73 Å². The molecule has 0 spiro atoms. The largest absolute Gasteiger partial charge is 0.398 e. The summed E-state index contributed by atoms with van der Waals surface area (Å²) in [6, 6.07) is 5.37. The van der Waals surface area contributed by atoms with Crippen molar-refractivity contribution >= 4 is 15.5 Å². The molecule has 0 aliphatic heterocycles. The first-order valence-corrected chi connectivity index (χ1v) is 6.97. The van der Waals surface area contributed by atoms with Crippen LogP contribution in [0.15, 0.2) is 23.1 Å². The van der Waals surface area contributed by atoms with Gasteiger partial charge < -0.3 is 5.73 Å². The van der Waals surface area contributed by atoms with Gasteiger partial charge in [0.1, 0.15) is 0 Å². The van der Waals surface area contributed by atoms with E-state index in [1.165, 1.54) is 12.7 Å². The molecule has 1 aromatic rings. The maximum Gasteiger partial charge on any atom is 0.177 e. The first kappa shape index (κ1) is 10.5. The molecule has 0 saturated heterocycles. The summed E-state index contributed by atoms with van der Waals surface area (Å²) in [7, 11) is -3.20. The van der Waals surface area contributed by atoms with Gasteiger partial charge in [-0.25, -0.2) is 8.42 Å². The predicted octanol–water partition coefficient (Wildman–Crippen LogP) is 1.94. The first-order chi connectivity index (χ1) is 6.98. The van der Waals surface area contributed by atoms with Crippen LogP contribution in [0.25, 0.3) is 0 Å². The molecular formula is C11H15NO2S. The van der Waals surface area contributed by atoms with Gasteiger partial charge in [-0.2, -0.15) is 0 Å². The standard InChI is InChI=1S/C11H15NO2S/c1-15(13,14)11-7-9(5-6-10(11)12)8-3-2-4-8/h5-8H,2-4,12H2,1H3. The Hall–Kier alpha value is -1.03. The summed E-state index contributed by atoms with van der Waals surface area (Å²) >= 11 is 0. The normalized spacial score (nSPS) is 17.4.